The van der Waals surface area contributed by atoms with Gasteiger partial charge in [0.2, 0.25) is 0 Å². The van der Waals surface area contributed by atoms with Crippen LogP contribution in [0.15, 0.2) is 0 Å². The Bertz CT molecular complexity index is 26.0. The number of aliphatic hydroxyl groups is 2. The summed E-state index contributed by atoms with van der Waals surface area (Å²) < 4.78 is 4.25. The van der Waals surface area contributed by atoms with Crippen LogP contribution in [0.2, 0.25) is 0 Å². The van der Waals surface area contributed by atoms with E-state index in [4.69, 9.17) is 10.2 Å². The van der Waals surface area contributed by atoms with Crippen molar-refractivity contribution in [3.8, 4) is 0 Å². The minimum Gasteiger partial charge on any atom is -1.00 e. The molecule has 0 saturated heterocycles. The van der Waals surface area contributed by atoms with E-state index in [-0.39, 0.29) is 63.7 Å². The fraction of sp³-hybridized carbons (Fsp3) is 1.00. The molecule has 70 valence electrons. The normalized spacial score (nSPS) is 4.80. The minimum atomic E-state index is -0.125. The number of ether oxygens (including phenoxy) is 1. The molecule has 0 aliphatic carbocycles. The average molecular weight is 327 g/mol. The molecule has 0 amide bonds. The first-order valence-corrected chi connectivity index (χ1v) is 1.95. The maximum Gasteiger partial charge on any atom is 2.00 e. The van der Waals surface area contributed by atoms with Crippen molar-refractivity contribution in [3.63, 3.8) is 0 Å². The number of aliphatic hydroxyl groups excluding tert-OH is 2. The summed E-state index contributed by atoms with van der Waals surface area (Å²) in [6.45, 7) is -0.250. The van der Waals surface area contributed by atoms with E-state index in [0.717, 1.165) is 0 Å². The molecule has 0 bridgehead atoms. The summed E-state index contributed by atoms with van der Waals surface area (Å²) in [7, 11) is 3.25. The van der Waals surface area contributed by atoms with Gasteiger partial charge in [-0.15, -0.1) is 0 Å². The Hall–Kier alpha value is 1.33. The molecular formula is C4H12Br2NiO3. The van der Waals surface area contributed by atoms with Crippen molar-refractivity contribution in [1.82, 2.24) is 0 Å². The molecule has 3 nitrogen and oxygen atoms in total. The van der Waals surface area contributed by atoms with Gasteiger partial charge in [-0.05, 0) is 0 Å². The zero-order valence-corrected chi connectivity index (χ0v) is 9.95. The van der Waals surface area contributed by atoms with E-state index in [0.29, 0.717) is 0 Å². The molecule has 0 aliphatic heterocycles. The van der Waals surface area contributed by atoms with Gasteiger partial charge in [0, 0.05) is 14.2 Å². The molecule has 0 atom stereocenters. The van der Waals surface area contributed by atoms with Gasteiger partial charge in [0.1, 0.15) is 0 Å². The second-order valence-electron chi connectivity index (χ2n) is 0.855. The van der Waals surface area contributed by atoms with Gasteiger partial charge in [0.05, 0.1) is 13.2 Å². The van der Waals surface area contributed by atoms with Gasteiger partial charge in [0.25, 0.3) is 0 Å². The SMILES string of the molecule is COC.OCCO.[Br-].[Br-].[Ni+2]. The molecule has 0 radical (unpaired) electrons. The van der Waals surface area contributed by atoms with Crippen molar-refractivity contribution < 1.29 is 65.4 Å². The Balaban J connectivity index is -0.0000000131. The third kappa shape index (κ3) is 119. The largest absolute Gasteiger partial charge is 2.00 e. The maximum atomic E-state index is 7.62. The van der Waals surface area contributed by atoms with Gasteiger partial charge in [-0.25, -0.2) is 0 Å². The molecule has 10 heavy (non-hydrogen) atoms. The summed E-state index contributed by atoms with van der Waals surface area (Å²) in [5.74, 6) is 0. The molecule has 0 unspecified atom stereocenters. The molecule has 0 saturated carbocycles. The average Bonchev–Trinajstić information content (AvgIpc) is 1.69. The van der Waals surface area contributed by atoms with E-state index in [2.05, 4.69) is 4.74 Å². The zero-order chi connectivity index (χ0) is 6.12. The van der Waals surface area contributed by atoms with Gasteiger partial charge in [-0.1, -0.05) is 0 Å². The molecule has 0 aliphatic rings. The number of methoxy groups -OCH3 is 1. The predicted octanol–water partition coefficient (Wildman–Crippen LogP) is -6.76. The summed E-state index contributed by atoms with van der Waals surface area (Å²) in [5.41, 5.74) is 0. The van der Waals surface area contributed by atoms with E-state index >= 15 is 0 Å². The van der Waals surface area contributed by atoms with E-state index in [1.54, 1.807) is 14.2 Å². The van der Waals surface area contributed by atoms with Crippen LogP contribution in [0.5, 0.6) is 0 Å². The third-order valence-electron chi connectivity index (χ3n) is 0.1000. The Morgan fingerprint density at radius 3 is 1.10 bits per heavy atom. The Kier molecular flexibility index (Phi) is 145. The van der Waals surface area contributed by atoms with E-state index in [9.17, 15) is 0 Å². The fourth-order valence-corrected chi connectivity index (χ4v) is 0. The molecule has 0 fully saturated rings. The standard InChI is InChI=1S/C2H6O2.C2H6O.2BrH.Ni/c3-1-2-4;1-3-2;;;/h3-4H,1-2H2;1-2H3;2*1H;/q;;;;+2/p-2. The van der Waals surface area contributed by atoms with Crippen LogP contribution in [-0.2, 0) is 21.2 Å². The van der Waals surface area contributed by atoms with Crippen molar-refractivity contribution in [2.45, 2.75) is 0 Å². The number of halogens is 2. The van der Waals surface area contributed by atoms with Gasteiger partial charge in [-0.3, -0.25) is 0 Å². The molecule has 2 N–H and O–H groups in total. The smallest absolute Gasteiger partial charge is 1.00 e. The zero-order valence-electron chi connectivity index (χ0n) is 5.79. The number of hydrogen-bond acceptors (Lipinski definition) is 3. The predicted molar refractivity (Wildman–Crippen MR) is 27.1 cm³/mol. The molecule has 0 aromatic rings. The first-order chi connectivity index (χ1) is 3.33. The van der Waals surface area contributed by atoms with Crippen LogP contribution in [0.4, 0.5) is 0 Å². The van der Waals surface area contributed by atoms with Crippen molar-refractivity contribution >= 4 is 0 Å². The van der Waals surface area contributed by atoms with Crippen LogP contribution in [-0.4, -0.2) is 37.6 Å². The summed E-state index contributed by atoms with van der Waals surface area (Å²) in [4.78, 5) is 0. The molecule has 6 heteroatoms. The van der Waals surface area contributed by atoms with Crippen LogP contribution in [0, 0.1) is 0 Å². The Morgan fingerprint density at radius 2 is 1.10 bits per heavy atom. The first-order valence-electron chi connectivity index (χ1n) is 1.95. The summed E-state index contributed by atoms with van der Waals surface area (Å²) in [6, 6.07) is 0. The molecule has 0 aromatic carbocycles. The molecule has 0 rings (SSSR count). The Labute approximate surface area is 92.6 Å². The quantitative estimate of drug-likeness (QED) is 0.471. The second kappa shape index (κ2) is 47.9. The molecular weight excluding hydrogens is 315 g/mol. The van der Waals surface area contributed by atoms with Gasteiger partial charge < -0.3 is 48.9 Å². The van der Waals surface area contributed by atoms with E-state index in [1.807, 2.05) is 0 Å². The number of hydrogen-bond donors (Lipinski definition) is 2. The van der Waals surface area contributed by atoms with Crippen molar-refractivity contribution in [2.24, 2.45) is 0 Å². The maximum absolute atomic E-state index is 7.62. The van der Waals surface area contributed by atoms with Crippen LogP contribution >= 0.6 is 0 Å². The minimum absolute atomic E-state index is 0. The van der Waals surface area contributed by atoms with Crippen molar-refractivity contribution in [1.29, 1.82) is 0 Å². The third-order valence-corrected chi connectivity index (χ3v) is 0.1000. The van der Waals surface area contributed by atoms with Crippen LogP contribution in [0.1, 0.15) is 0 Å². The summed E-state index contributed by atoms with van der Waals surface area (Å²) in [6.07, 6.45) is 0. The molecule has 0 spiro atoms. The van der Waals surface area contributed by atoms with Crippen LogP contribution in [0.3, 0.4) is 0 Å². The monoisotopic (exact) mass is 324 g/mol. The summed E-state index contributed by atoms with van der Waals surface area (Å²) in [5, 5.41) is 15.2. The second-order valence-corrected chi connectivity index (χ2v) is 0.855. The van der Waals surface area contributed by atoms with Crippen LogP contribution < -0.4 is 34.0 Å². The van der Waals surface area contributed by atoms with Crippen molar-refractivity contribution in [2.75, 3.05) is 27.4 Å². The van der Waals surface area contributed by atoms with Crippen molar-refractivity contribution in [3.05, 3.63) is 0 Å². The Morgan fingerprint density at radius 1 is 1.00 bits per heavy atom. The van der Waals surface area contributed by atoms with E-state index < -0.39 is 0 Å². The molecule has 0 heterocycles. The molecule has 0 aromatic heterocycles. The topological polar surface area (TPSA) is 49.7 Å². The van der Waals surface area contributed by atoms with E-state index in [1.165, 1.54) is 0 Å². The number of rotatable bonds is 1. The van der Waals surface area contributed by atoms with Gasteiger partial charge >= 0.3 is 16.5 Å². The van der Waals surface area contributed by atoms with Crippen LogP contribution in [0.25, 0.3) is 0 Å². The fourth-order valence-electron chi connectivity index (χ4n) is 0. The van der Waals surface area contributed by atoms with Gasteiger partial charge in [-0.2, -0.15) is 0 Å². The van der Waals surface area contributed by atoms with Gasteiger partial charge in [0.15, 0.2) is 0 Å². The first kappa shape index (κ1) is 30.2. The summed E-state index contributed by atoms with van der Waals surface area (Å²) >= 11 is 0.